The van der Waals surface area contributed by atoms with E-state index in [0.717, 1.165) is 11.3 Å². The Balaban J connectivity index is 1.68. The number of rotatable bonds is 2. The van der Waals surface area contributed by atoms with Crippen molar-refractivity contribution in [3.8, 4) is 11.3 Å². The molecule has 1 aliphatic heterocycles. The highest BCUT2D eigenvalue weighted by Crippen LogP contribution is 2.33. The summed E-state index contributed by atoms with van der Waals surface area (Å²) in [6.07, 6.45) is -0.387. The first kappa shape index (κ1) is 14.5. The van der Waals surface area contributed by atoms with Crippen molar-refractivity contribution in [3.63, 3.8) is 0 Å². The first-order valence-electron chi connectivity index (χ1n) is 7.62. The van der Waals surface area contributed by atoms with E-state index in [-0.39, 0.29) is 17.9 Å². The van der Waals surface area contributed by atoms with Crippen LogP contribution in [0.15, 0.2) is 65.1 Å². The van der Waals surface area contributed by atoms with Gasteiger partial charge in [0.2, 0.25) is 0 Å². The Morgan fingerprint density at radius 2 is 1.79 bits per heavy atom. The lowest BCUT2D eigenvalue weighted by Gasteiger charge is -2.34. The zero-order chi connectivity index (χ0) is 16.7. The molecule has 0 saturated heterocycles. The highest BCUT2D eigenvalue weighted by Gasteiger charge is 2.31. The largest absolute Gasteiger partial charge is 0.457 e. The summed E-state index contributed by atoms with van der Waals surface area (Å²) in [5, 5.41) is 2.95. The molecule has 4 nitrogen and oxygen atoms in total. The Bertz CT molecular complexity index is 902. The molecule has 1 N–H and O–H groups in total. The third-order valence-corrected chi connectivity index (χ3v) is 4.21. The molecule has 4 rings (SSSR count). The molecule has 2 heterocycles. The average molecular weight is 322 g/mol. The first-order valence-corrected chi connectivity index (χ1v) is 7.62. The van der Waals surface area contributed by atoms with E-state index in [1.54, 1.807) is 18.2 Å². The molecule has 3 aromatic rings. The number of benzene rings is 2. The number of amides is 1. The van der Waals surface area contributed by atoms with Crippen molar-refractivity contribution in [2.24, 2.45) is 0 Å². The molecule has 1 amide bonds. The second-order valence-corrected chi connectivity index (χ2v) is 5.71. The summed E-state index contributed by atoms with van der Waals surface area (Å²) in [6, 6.07) is 17.2. The number of hydrogen-bond acceptors (Lipinski definition) is 3. The van der Waals surface area contributed by atoms with E-state index in [0.29, 0.717) is 17.1 Å². The van der Waals surface area contributed by atoms with Crippen molar-refractivity contribution in [1.29, 1.82) is 0 Å². The molecular weight excluding hydrogens is 307 g/mol. The molecule has 0 radical (unpaired) electrons. The molecule has 0 aliphatic carbocycles. The van der Waals surface area contributed by atoms with E-state index >= 15 is 0 Å². The smallest absolute Gasteiger partial charge is 0.255 e. The highest BCUT2D eigenvalue weighted by molar-refractivity contribution is 6.01. The molecule has 120 valence electrons. The van der Waals surface area contributed by atoms with E-state index in [9.17, 15) is 9.18 Å². The molecule has 0 saturated carbocycles. The number of nitrogens with zero attached hydrogens (tertiary/aromatic N) is 1. The van der Waals surface area contributed by atoms with Crippen LogP contribution in [0.2, 0.25) is 0 Å². The lowest BCUT2D eigenvalue weighted by molar-refractivity contribution is 0.0922. The summed E-state index contributed by atoms with van der Waals surface area (Å²) in [7, 11) is 1.91. The van der Waals surface area contributed by atoms with Crippen molar-refractivity contribution in [3.05, 3.63) is 77.8 Å². The van der Waals surface area contributed by atoms with E-state index in [1.165, 1.54) is 12.1 Å². The van der Waals surface area contributed by atoms with Crippen LogP contribution in [0.3, 0.4) is 0 Å². The Morgan fingerprint density at radius 3 is 2.58 bits per heavy atom. The molecule has 1 atom stereocenters. The van der Waals surface area contributed by atoms with Gasteiger partial charge in [-0.25, -0.2) is 4.39 Å². The van der Waals surface area contributed by atoms with Gasteiger partial charge in [-0.3, -0.25) is 4.79 Å². The molecule has 5 heteroatoms. The Kier molecular flexibility index (Phi) is 3.34. The molecule has 1 aromatic heterocycles. The Hall–Kier alpha value is -3.08. The van der Waals surface area contributed by atoms with Gasteiger partial charge in [0.25, 0.3) is 5.91 Å². The zero-order valence-corrected chi connectivity index (χ0v) is 13.0. The predicted molar refractivity (Wildman–Crippen MR) is 89.2 cm³/mol. The fourth-order valence-electron chi connectivity index (χ4n) is 2.94. The van der Waals surface area contributed by atoms with Crippen LogP contribution in [0, 0.1) is 5.82 Å². The third kappa shape index (κ3) is 2.34. The van der Waals surface area contributed by atoms with Crippen LogP contribution in [-0.2, 0) is 0 Å². The van der Waals surface area contributed by atoms with Gasteiger partial charge in [-0.15, -0.1) is 0 Å². The molecular formula is C19H15FN2O2. The van der Waals surface area contributed by atoms with Gasteiger partial charge in [-0.05, 0) is 48.5 Å². The number of fused-ring (bicyclic) bond motifs is 1. The van der Waals surface area contributed by atoms with Gasteiger partial charge in [0, 0.05) is 12.6 Å². The van der Waals surface area contributed by atoms with Gasteiger partial charge in [-0.1, -0.05) is 12.1 Å². The van der Waals surface area contributed by atoms with Crippen LogP contribution in [-0.4, -0.2) is 13.0 Å². The average Bonchev–Trinajstić information content (AvgIpc) is 3.08. The first-order chi connectivity index (χ1) is 11.6. The van der Waals surface area contributed by atoms with Crippen LogP contribution >= 0.6 is 0 Å². The van der Waals surface area contributed by atoms with E-state index in [2.05, 4.69) is 5.32 Å². The summed E-state index contributed by atoms with van der Waals surface area (Å²) in [6.45, 7) is 0. The van der Waals surface area contributed by atoms with Gasteiger partial charge >= 0.3 is 0 Å². The standard InChI is InChI=1S/C19H15FN2O2/c1-22-15-5-3-2-4-14(15)19(23)21-18(22)17-11-10-16(24-17)12-6-8-13(20)9-7-12/h2-11,18H,1H3,(H,21,23)/t18-/m1/s1. The number of hydrogen-bond donors (Lipinski definition) is 1. The SMILES string of the molecule is CN1c2ccccc2C(=O)N[C@H]1c1ccc(-c2ccc(F)cc2)o1. The van der Waals surface area contributed by atoms with Crippen molar-refractivity contribution < 1.29 is 13.6 Å². The lowest BCUT2D eigenvalue weighted by Crippen LogP contribution is -2.44. The number of para-hydroxylation sites is 1. The van der Waals surface area contributed by atoms with Crippen LogP contribution in [0.4, 0.5) is 10.1 Å². The fourth-order valence-corrected chi connectivity index (χ4v) is 2.94. The summed E-state index contributed by atoms with van der Waals surface area (Å²) < 4.78 is 19.0. The summed E-state index contributed by atoms with van der Waals surface area (Å²) in [5.41, 5.74) is 2.28. The summed E-state index contributed by atoms with van der Waals surface area (Å²) >= 11 is 0. The van der Waals surface area contributed by atoms with Gasteiger partial charge in [0.1, 0.15) is 17.3 Å². The van der Waals surface area contributed by atoms with Crippen LogP contribution in [0.5, 0.6) is 0 Å². The van der Waals surface area contributed by atoms with Gasteiger partial charge < -0.3 is 14.6 Å². The van der Waals surface area contributed by atoms with Crippen molar-refractivity contribution in [1.82, 2.24) is 5.32 Å². The van der Waals surface area contributed by atoms with E-state index < -0.39 is 0 Å². The van der Waals surface area contributed by atoms with Crippen LogP contribution < -0.4 is 10.2 Å². The van der Waals surface area contributed by atoms with Crippen LogP contribution in [0.25, 0.3) is 11.3 Å². The topological polar surface area (TPSA) is 45.5 Å². The number of furan rings is 1. The van der Waals surface area contributed by atoms with Crippen molar-refractivity contribution >= 4 is 11.6 Å². The Morgan fingerprint density at radius 1 is 1.04 bits per heavy atom. The maximum atomic E-state index is 13.0. The zero-order valence-electron chi connectivity index (χ0n) is 13.0. The Labute approximate surface area is 138 Å². The quantitative estimate of drug-likeness (QED) is 0.776. The number of halogens is 1. The summed E-state index contributed by atoms with van der Waals surface area (Å²) in [5.74, 6) is 0.834. The maximum absolute atomic E-state index is 13.0. The normalized spacial score (nSPS) is 16.7. The molecule has 2 aromatic carbocycles. The molecule has 0 spiro atoms. The second kappa shape index (κ2) is 5.53. The lowest BCUT2D eigenvalue weighted by atomic mass is 10.1. The summed E-state index contributed by atoms with van der Waals surface area (Å²) in [4.78, 5) is 14.3. The number of carbonyl (C=O) groups excluding carboxylic acids is 1. The van der Waals surface area contributed by atoms with E-state index in [4.69, 9.17) is 4.42 Å². The number of carbonyl (C=O) groups is 1. The second-order valence-electron chi connectivity index (χ2n) is 5.71. The minimum Gasteiger partial charge on any atom is -0.457 e. The number of nitrogens with one attached hydrogen (secondary N) is 1. The molecule has 0 fully saturated rings. The van der Waals surface area contributed by atoms with Gasteiger partial charge in [0.05, 0.1) is 11.3 Å². The van der Waals surface area contributed by atoms with Crippen LogP contribution in [0.1, 0.15) is 22.3 Å². The molecule has 0 unspecified atom stereocenters. The van der Waals surface area contributed by atoms with Gasteiger partial charge in [-0.2, -0.15) is 0 Å². The van der Waals surface area contributed by atoms with E-state index in [1.807, 2.05) is 42.3 Å². The van der Waals surface area contributed by atoms with Crippen molar-refractivity contribution in [2.75, 3.05) is 11.9 Å². The predicted octanol–water partition coefficient (Wildman–Crippen LogP) is 3.96. The van der Waals surface area contributed by atoms with Crippen molar-refractivity contribution in [2.45, 2.75) is 6.17 Å². The molecule has 0 bridgehead atoms. The fraction of sp³-hybridized carbons (Fsp3) is 0.105. The monoisotopic (exact) mass is 322 g/mol. The van der Waals surface area contributed by atoms with Gasteiger partial charge in [0.15, 0.2) is 6.17 Å². The third-order valence-electron chi connectivity index (χ3n) is 4.21. The number of anilines is 1. The molecule has 1 aliphatic rings. The maximum Gasteiger partial charge on any atom is 0.255 e. The highest BCUT2D eigenvalue weighted by atomic mass is 19.1. The minimum atomic E-state index is -0.387. The molecule has 24 heavy (non-hydrogen) atoms. The minimum absolute atomic E-state index is 0.131.